The fourth-order valence-electron chi connectivity index (χ4n) is 4.85. The highest BCUT2D eigenvalue weighted by Gasteiger charge is 2.23. The summed E-state index contributed by atoms with van der Waals surface area (Å²) in [6.45, 7) is 5.98. The summed E-state index contributed by atoms with van der Waals surface area (Å²) in [6.07, 6.45) is 6.45. The number of aromatic amines is 2. The molecule has 7 nitrogen and oxygen atoms in total. The van der Waals surface area contributed by atoms with Crippen molar-refractivity contribution in [2.75, 3.05) is 19.7 Å². The molecular weight excluding hydrogens is 445 g/mol. The maximum Gasteiger partial charge on any atom is 0.159 e. The molecule has 0 saturated heterocycles. The Morgan fingerprint density at radius 1 is 1.20 bits per heavy atom. The molecule has 4 N–H and O–H groups in total. The van der Waals surface area contributed by atoms with Crippen LogP contribution in [0.1, 0.15) is 37.9 Å². The Labute approximate surface area is 203 Å². The van der Waals surface area contributed by atoms with Crippen LogP contribution in [0.2, 0.25) is 0 Å². The van der Waals surface area contributed by atoms with Gasteiger partial charge >= 0.3 is 0 Å². The number of aliphatic hydroxyl groups excluding tert-OH is 1. The number of aromatic hydroxyl groups is 1. The molecule has 0 bridgehead atoms. The molecule has 5 rings (SSSR count). The molecular formula is C27H30FN5O2. The first-order valence-electron chi connectivity index (χ1n) is 12.1. The second-order valence-corrected chi connectivity index (χ2v) is 9.11. The van der Waals surface area contributed by atoms with Crippen LogP contribution in [0.4, 0.5) is 4.39 Å². The lowest BCUT2D eigenvalue weighted by atomic mass is 9.96. The van der Waals surface area contributed by atoms with E-state index in [1.165, 1.54) is 0 Å². The van der Waals surface area contributed by atoms with Gasteiger partial charge in [0.05, 0.1) is 5.69 Å². The molecule has 0 radical (unpaired) electrons. The number of hydrogen-bond donors (Lipinski definition) is 4. The van der Waals surface area contributed by atoms with Crippen molar-refractivity contribution in [3.8, 4) is 28.4 Å². The number of aliphatic hydroxyl groups is 1. The van der Waals surface area contributed by atoms with Crippen LogP contribution in [-0.2, 0) is 6.42 Å². The Morgan fingerprint density at radius 3 is 2.83 bits per heavy atom. The van der Waals surface area contributed by atoms with Crippen molar-refractivity contribution in [1.82, 2.24) is 25.1 Å². The Hall–Kier alpha value is -3.49. The van der Waals surface area contributed by atoms with E-state index in [0.29, 0.717) is 40.4 Å². The van der Waals surface area contributed by atoms with Crippen LogP contribution in [0.25, 0.3) is 39.1 Å². The van der Waals surface area contributed by atoms with Gasteiger partial charge in [-0.15, -0.1) is 0 Å². The number of phenols is 1. The van der Waals surface area contributed by atoms with Gasteiger partial charge in [-0.25, -0.2) is 9.37 Å². The number of nitrogens with one attached hydrogen (secondary N) is 2. The molecule has 0 fully saturated rings. The summed E-state index contributed by atoms with van der Waals surface area (Å²) in [7, 11) is 0. The zero-order valence-corrected chi connectivity index (χ0v) is 20.0. The van der Waals surface area contributed by atoms with Crippen LogP contribution >= 0.6 is 0 Å². The van der Waals surface area contributed by atoms with E-state index >= 15 is 4.39 Å². The Balaban J connectivity index is 1.46. The van der Waals surface area contributed by atoms with Crippen LogP contribution in [-0.4, -0.2) is 61.0 Å². The molecule has 3 heterocycles. The molecule has 0 unspecified atom stereocenters. The van der Waals surface area contributed by atoms with E-state index in [4.69, 9.17) is 4.98 Å². The summed E-state index contributed by atoms with van der Waals surface area (Å²) in [6, 6.07) is 9.05. The predicted molar refractivity (Wildman–Crippen MR) is 135 cm³/mol. The van der Waals surface area contributed by atoms with E-state index in [1.54, 1.807) is 24.3 Å². The number of aryl methyl sites for hydroxylation is 1. The normalized spacial score (nSPS) is 16.7. The fraction of sp³-hybridized carbons (Fsp3) is 0.333. The number of imidazole rings is 1. The zero-order valence-electron chi connectivity index (χ0n) is 20.0. The minimum atomic E-state index is -0.378. The van der Waals surface area contributed by atoms with E-state index in [-0.39, 0.29) is 18.2 Å². The van der Waals surface area contributed by atoms with Gasteiger partial charge in [0.1, 0.15) is 17.0 Å². The summed E-state index contributed by atoms with van der Waals surface area (Å²) in [5.74, 6) is 0.374. The second kappa shape index (κ2) is 9.64. The number of fused-ring (bicyclic) bond motifs is 1. The monoisotopic (exact) mass is 475 g/mol. The van der Waals surface area contributed by atoms with E-state index in [2.05, 4.69) is 33.1 Å². The summed E-state index contributed by atoms with van der Waals surface area (Å²) < 4.78 is 15.6. The third-order valence-electron chi connectivity index (χ3n) is 6.87. The van der Waals surface area contributed by atoms with Crippen molar-refractivity contribution in [2.24, 2.45) is 0 Å². The van der Waals surface area contributed by atoms with Crippen molar-refractivity contribution in [2.45, 2.75) is 39.2 Å². The molecule has 35 heavy (non-hydrogen) atoms. The van der Waals surface area contributed by atoms with Gasteiger partial charge < -0.3 is 15.2 Å². The maximum absolute atomic E-state index is 15.6. The number of rotatable bonds is 7. The molecule has 182 valence electrons. The average molecular weight is 476 g/mol. The molecule has 0 amide bonds. The second-order valence-electron chi connectivity index (χ2n) is 9.11. The Kier molecular flexibility index (Phi) is 6.40. The largest absolute Gasteiger partial charge is 0.508 e. The number of halogens is 1. The van der Waals surface area contributed by atoms with Crippen LogP contribution in [0.3, 0.4) is 0 Å². The van der Waals surface area contributed by atoms with Gasteiger partial charge in [-0.05, 0) is 61.1 Å². The number of H-pyrrole nitrogens is 2. The van der Waals surface area contributed by atoms with Crippen molar-refractivity contribution < 1.29 is 14.6 Å². The molecule has 1 atom stereocenters. The fourth-order valence-corrected chi connectivity index (χ4v) is 4.85. The van der Waals surface area contributed by atoms with Crippen molar-refractivity contribution in [3.05, 3.63) is 59.7 Å². The summed E-state index contributed by atoms with van der Waals surface area (Å²) >= 11 is 0. The van der Waals surface area contributed by atoms with Gasteiger partial charge in [-0.3, -0.25) is 10.00 Å². The molecule has 8 heteroatoms. The molecule has 0 aliphatic carbocycles. The molecule has 0 saturated carbocycles. The lowest BCUT2D eigenvalue weighted by Crippen LogP contribution is -2.37. The van der Waals surface area contributed by atoms with Gasteiger partial charge in [-0.1, -0.05) is 25.1 Å². The SMILES string of the molecule is CCc1cc(O)ccc1-c1ccc2c(-c3nc(C4=CC[C@H](C)N(CCCO)C4)c[nH]3)n[nH]c2c1F. The van der Waals surface area contributed by atoms with Gasteiger partial charge in [0.25, 0.3) is 0 Å². The molecule has 4 aromatic rings. The van der Waals surface area contributed by atoms with Crippen molar-refractivity contribution in [1.29, 1.82) is 0 Å². The van der Waals surface area contributed by atoms with Gasteiger partial charge in [0, 0.05) is 42.9 Å². The minimum absolute atomic E-state index is 0.170. The van der Waals surface area contributed by atoms with E-state index < -0.39 is 0 Å². The standard InChI is InChI=1S/C27H30FN5O2/c1-3-17-13-19(35)7-8-20(17)21-9-10-22-25(24(21)28)31-32-26(22)27-29-14-23(30-27)18-6-5-16(2)33(15-18)11-4-12-34/h6-10,13-14,16,34-35H,3-5,11-12,15H2,1-2H3,(H,29,30)(H,31,32)/t16-/m0/s1. The van der Waals surface area contributed by atoms with E-state index in [1.807, 2.05) is 19.2 Å². The lowest BCUT2D eigenvalue weighted by Gasteiger charge is -2.32. The average Bonchev–Trinajstić information content (AvgIpc) is 3.52. The first-order valence-corrected chi connectivity index (χ1v) is 12.1. The van der Waals surface area contributed by atoms with Gasteiger partial charge in [-0.2, -0.15) is 5.10 Å². The van der Waals surface area contributed by atoms with Crippen LogP contribution in [0.5, 0.6) is 5.75 Å². The lowest BCUT2D eigenvalue weighted by molar-refractivity contribution is 0.196. The summed E-state index contributed by atoms with van der Waals surface area (Å²) in [4.78, 5) is 10.4. The third-order valence-corrected chi connectivity index (χ3v) is 6.87. The summed E-state index contributed by atoms with van der Waals surface area (Å²) in [5.41, 5.74) is 4.98. The molecule has 1 aliphatic rings. The molecule has 2 aromatic heterocycles. The first-order chi connectivity index (χ1) is 17.0. The van der Waals surface area contributed by atoms with E-state index in [9.17, 15) is 10.2 Å². The molecule has 1 aliphatic heterocycles. The number of nitrogens with zero attached hydrogens (tertiary/aromatic N) is 3. The highest BCUT2D eigenvalue weighted by atomic mass is 19.1. The highest BCUT2D eigenvalue weighted by Crippen LogP contribution is 2.35. The van der Waals surface area contributed by atoms with E-state index in [0.717, 1.165) is 48.3 Å². The van der Waals surface area contributed by atoms with Gasteiger partial charge in [0.15, 0.2) is 11.6 Å². The third kappa shape index (κ3) is 4.35. The number of phenolic OH excluding ortho intramolecular Hbond substituents is 1. The maximum atomic E-state index is 15.6. The number of hydrogen-bond acceptors (Lipinski definition) is 5. The smallest absolute Gasteiger partial charge is 0.159 e. The van der Waals surface area contributed by atoms with Crippen molar-refractivity contribution in [3.63, 3.8) is 0 Å². The first kappa shape index (κ1) is 23.3. The Bertz CT molecular complexity index is 1390. The minimum Gasteiger partial charge on any atom is -0.508 e. The van der Waals surface area contributed by atoms with Crippen molar-refractivity contribution >= 4 is 16.5 Å². The van der Waals surface area contributed by atoms with Crippen LogP contribution in [0.15, 0.2) is 42.6 Å². The molecule has 2 aromatic carbocycles. The quantitative estimate of drug-likeness (QED) is 0.305. The van der Waals surface area contributed by atoms with Crippen LogP contribution in [0, 0.1) is 5.82 Å². The zero-order chi connectivity index (χ0) is 24.5. The number of benzene rings is 2. The summed E-state index contributed by atoms with van der Waals surface area (Å²) in [5, 5.41) is 26.9. The number of aromatic nitrogens is 4. The topological polar surface area (TPSA) is 101 Å². The predicted octanol–water partition coefficient (Wildman–Crippen LogP) is 4.89. The molecule has 0 spiro atoms. The Morgan fingerprint density at radius 2 is 2.03 bits per heavy atom. The highest BCUT2D eigenvalue weighted by molar-refractivity contribution is 5.95. The van der Waals surface area contributed by atoms with Gasteiger partial charge in [0.2, 0.25) is 0 Å². The van der Waals surface area contributed by atoms with Crippen LogP contribution < -0.4 is 0 Å².